The zero-order chi connectivity index (χ0) is 18.6. The van der Waals surface area contributed by atoms with Crippen LogP contribution in [0.25, 0.3) is 0 Å². The molecule has 0 spiro atoms. The number of halogens is 4. The summed E-state index contributed by atoms with van der Waals surface area (Å²) in [5, 5.41) is 2.17. The first-order valence-electron chi connectivity index (χ1n) is 6.86. The molecule has 2 amide bonds. The van der Waals surface area contributed by atoms with Gasteiger partial charge in [-0.25, -0.2) is 0 Å². The summed E-state index contributed by atoms with van der Waals surface area (Å²) in [4.78, 5) is 23.1. The van der Waals surface area contributed by atoms with Crippen LogP contribution in [-0.4, -0.2) is 18.4 Å². The first-order chi connectivity index (χ1) is 11.7. The number of para-hydroxylation sites is 1. The number of primary amides is 1. The van der Waals surface area contributed by atoms with Crippen LogP contribution in [-0.2, 0) is 11.0 Å². The van der Waals surface area contributed by atoms with E-state index in [-0.39, 0.29) is 22.0 Å². The summed E-state index contributed by atoms with van der Waals surface area (Å²) in [5.41, 5.74) is 4.10. The number of alkyl halides is 3. The van der Waals surface area contributed by atoms with Gasteiger partial charge >= 0.3 is 6.18 Å². The molecule has 0 saturated heterocycles. The maximum Gasteiger partial charge on any atom is 0.416 e. The smallest absolute Gasteiger partial charge is 0.416 e. The molecule has 0 aliphatic heterocycles. The van der Waals surface area contributed by atoms with E-state index in [4.69, 9.17) is 22.1 Å². The van der Waals surface area contributed by atoms with Gasteiger partial charge < -0.3 is 15.8 Å². The van der Waals surface area contributed by atoms with E-state index >= 15 is 0 Å². The quantitative estimate of drug-likeness (QED) is 0.843. The molecule has 0 aliphatic carbocycles. The monoisotopic (exact) mass is 372 g/mol. The van der Waals surface area contributed by atoms with E-state index in [0.717, 1.165) is 18.2 Å². The minimum Gasteiger partial charge on any atom is -0.483 e. The highest BCUT2D eigenvalue weighted by Gasteiger charge is 2.31. The van der Waals surface area contributed by atoms with Crippen molar-refractivity contribution in [2.75, 3.05) is 11.9 Å². The first-order valence-corrected chi connectivity index (χ1v) is 7.24. The minimum absolute atomic E-state index is 0.0566. The van der Waals surface area contributed by atoms with Crippen molar-refractivity contribution in [2.45, 2.75) is 6.18 Å². The van der Waals surface area contributed by atoms with Crippen LogP contribution in [0, 0.1) is 0 Å². The maximum absolute atomic E-state index is 12.7. The first kappa shape index (κ1) is 18.6. The Morgan fingerprint density at radius 2 is 1.84 bits per heavy atom. The number of nitrogens with two attached hydrogens (primary N) is 1. The zero-order valence-electron chi connectivity index (χ0n) is 12.6. The largest absolute Gasteiger partial charge is 0.483 e. The van der Waals surface area contributed by atoms with Crippen LogP contribution in [0.4, 0.5) is 18.9 Å². The highest BCUT2D eigenvalue weighted by molar-refractivity contribution is 6.33. The van der Waals surface area contributed by atoms with Gasteiger partial charge in [0, 0.05) is 0 Å². The number of rotatable bonds is 5. The molecule has 0 saturated carbocycles. The molecule has 0 aromatic heterocycles. The number of nitrogens with one attached hydrogen (secondary N) is 1. The van der Waals surface area contributed by atoms with Crippen molar-refractivity contribution in [3.8, 4) is 5.75 Å². The molecule has 0 radical (unpaired) electrons. The predicted molar refractivity (Wildman–Crippen MR) is 85.5 cm³/mol. The van der Waals surface area contributed by atoms with E-state index in [1.807, 2.05) is 0 Å². The molecule has 0 atom stereocenters. The van der Waals surface area contributed by atoms with Crippen molar-refractivity contribution < 1.29 is 27.5 Å². The highest BCUT2D eigenvalue weighted by atomic mass is 35.5. The van der Waals surface area contributed by atoms with E-state index in [2.05, 4.69) is 5.32 Å². The van der Waals surface area contributed by atoms with Crippen LogP contribution in [0.2, 0.25) is 5.02 Å². The Bertz CT molecular complexity index is 809. The molecule has 3 N–H and O–H groups in total. The molecule has 2 aromatic carbocycles. The van der Waals surface area contributed by atoms with Gasteiger partial charge in [0.15, 0.2) is 6.61 Å². The van der Waals surface area contributed by atoms with Gasteiger partial charge in [-0.1, -0.05) is 23.7 Å². The molecular weight excluding hydrogens is 361 g/mol. The average molecular weight is 373 g/mol. The second-order valence-corrected chi connectivity index (χ2v) is 5.30. The Morgan fingerprint density at radius 1 is 1.16 bits per heavy atom. The van der Waals surface area contributed by atoms with Crippen LogP contribution >= 0.6 is 11.6 Å². The fourth-order valence-electron chi connectivity index (χ4n) is 1.92. The lowest BCUT2D eigenvalue weighted by atomic mass is 10.2. The minimum atomic E-state index is -4.57. The number of hydrogen-bond donors (Lipinski definition) is 2. The van der Waals surface area contributed by atoms with Crippen LogP contribution in [0.15, 0.2) is 42.5 Å². The fraction of sp³-hybridized carbons (Fsp3) is 0.125. The van der Waals surface area contributed by atoms with Crippen molar-refractivity contribution >= 4 is 29.1 Å². The maximum atomic E-state index is 12.7. The van der Waals surface area contributed by atoms with E-state index in [1.165, 1.54) is 12.1 Å². The van der Waals surface area contributed by atoms with E-state index < -0.39 is 30.2 Å². The Kier molecular flexibility index (Phi) is 5.53. The summed E-state index contributed by atoms with van der Waals surface area (Å²) < 4.78 is 43.3. The van der Waals surface area contributed by atoms with Crippen molar-refractivity contribution in [2.24, 2.45) is 5.73 Å². The molecule has 2 rings (SSSR count). The summed E-state index contributed by atoms with van der Waals surface area (Å²) in [6, 6.07) is 8.54. The van der Waals surface area contributed by atoms with Crippen molar-refractivity contribution in [3.05, 3.63) is 58.6 Å². The molecule has 132 valence electrons. The fourth-order valence-corrected chi connectivity index (χ4v) is 2.09. The number of benzene rings is 2. The highest BCUT2D eigenvalue weighted by Crippen LogP contribution is 2.33. The lowest BCUT2D eigenvalue weighted by molar-refractivity contribution is -0.137. The van der Waals surface area contributed by atoms with Crippen molar-refractivity contribution in [1.29, 1.82) is 0 Å². The molecule has 0 unspecified atom stereocenters. The predicted octanol–water partition coefficient (Wildman–Crippen LogP) is 3.48. The van der Waals surface area contributed by atoms with E-state index in [0.29, 0.717) is 0 Å². The Hall–Kier alpha value is -2.74. The molecule has 0 bridgehead atoms. The number of hydrogen-bond acceptors (Lipinski definition) is 3. The molecule has 5 nitrogen and oxygen atoms in total. The normalized spacial score (nSPS) is 11.0. The lowest BCUT2D eigenvalue weighted by Crippen LogP contribution is -2.22. The van der Waals surface area contributed by atoms with Gasteiger partial charge in [0.2, 0.25) is 0 Å². The third-order valence-electron chi connectivity index (χ3n) is 3.08. The van der Waals surface area contributed by atoms with Gasteiger partial charge in [0.05, 0.1) is 21.8 Å². The summed E-state index contributed by atoms with van der Waals surface area (Å²) in [6.45, 7) is -0.545. The molecular formula is C16H12ClF3N2O3. The molecule has 25 heavy (non-hydrogen) atoms. The second-order valence-electron chi connectivity index (χ2n) is 4.89. The third kappa shape index (κ3) is 4.87. The van der Waals surface area contributed by atoms with Gasteiger partial charge in [0.25, 0.3) is 11.8 Å². The van der Waals surface area contributed by atoms with Crippen LogP contribution in [0.3, 0.4) is 0 Å². The number of carbonyl (C=O) groups excluding carboxylic acids is 2. The van der Waals surface area contributed by atoms with Crippen molar-refractivity contribution in [1.82, 2.24) is 0 Å². The Morgan fingerprint density at radius 3 is 2.48 bits per heavy atom. The van der Waals surface area contributed by atoms with Gasteiger partial charge in [-0.15, -0.1) is 0 Å². The summed E-state index contributed by atoms with van der Waals surface area (Å²) in [6.07, 6.45) is -4.57. The number of amides is 2. The number of anilines is 1. The Balaban J connectivity index is 2.08. The van der Waals surface area contributed by atoms with Gasteiger partial charge in [0.1, 0.15) is 5.75 Å². The van der Waals surface area contributed by atoms with Crippen LogP contribution in [0.1, 0.15) is 15.9 Å². The number of ether oxygens (including phenoxy) is 1. The number of carbonyl (C=O) groups is 2. The van der Waals surface area contributed by atoms with Gasteiger partial charge in [-0.3, -0.25) is 9.59 Å². The lowest BCUT2D eigenvalue weighted by Gasteiger charge is -2.13. The molecule has 9 heteroatoms. The molecule has 0 aliphatic rings. The summed E-state index contributed by atoms with van der Waals surface area (Å²) in [5.74, 6) is -1.40. The van der Waals surface area contributed by atoms with Crippen molar-refractivity contribution in [3.63, 3.8) is 0 Å². The molecule has 0 fully saturated rings. The van der Waals surface area contributed by atoms with Crippen LogP contribution < -0.4 is 15.8 Å². The summed E-state index contributed by atoms with van der Waals surface area (Å²) in [7, 11) is 0. The van der Waals surface area contributed by atoms with E-state index in [9.17, 15) is 22.8 Å². The van der Waals surface area contributed by atoms with Crippen LogP contribution in [0.5, 0.6) is 5.75 Å². The zero-order valence-corrected chi connectivity index (χ0v) is 13.3. The van der Waals surface area contributed by atoms with Gasteiger partial charge in [-0.05, 0) is 30.3 Å². The standard InChI is InChI=1S/C16H12ClF3N2O3/c17-11-6-5-9(16(18,19)20)7-12(11)22-14(23)8-25-13-4-2-1-3-10(13)15(21)24/h1-7H,8H2,(H2,21,24)(H,22,23). The third-order valence-corrected chi connectivity index (χ3v) is 3.41. The van der Waals surface area contributed by atoms with Gasteiger partial charge in [-0.2, -0.15) is 13.2 Å². The molecule has 2 aromatic rings. The summed E-state index contributed by atoms with van der Waals surface area (Å²) >= 11 is 5.79. The Labute approximate surface area is 145 Å². The van der Waals surface area contributed by atoms with E-state index in [1.54, 1.807) is 12.1 Å². The second kappa shape index (κ2) is 7.43. The average Bonchev–Trinajstić information content (AvgIpc) is 2.54. The molecule has 0 heterocycles. The SMILES string of the molecule is NC(=O)c1ccccc1OCC(=O)Nc1cc(C(F)(F)F)ccc1Cl. The topological polar surface area (TPSA) is 81.4 Å².